The van der Waals surface area contributed by atoms with E-state index in [9.17, 15) is 39.0 Å². The van der Waals surface area contributed by atoms with Gasteiger partial charge in [0.1, 0.15) is 23.5 Å². The molecule has 15 heteroatoms. The molecule has 4 N–H and O–H groups in total. The van der Waals surface area contributed by atoms with E-state index >= 15 is 0 Å². The summed E-state index contributed by atoms with van der Waals surface area (Å²) in [5.74, 6) is -4.68. The van der Waals surface area contributed by atoms with Crippen molar-refractivity contribution in [3.05, 3.63) is 48.0 Å². The first kappa shape index (κ1) is 29.7. The lowest BCUT2D eigenvalue weighted by Crippen LogP contribution is -2.51. The van der Waals surface area contributed by atoms with Crippen LogP contribution in [0.5, 0.6) is 0 Å². The zero-order valence-electron chi connectivity index (χ0n) is 22.6. The number of hydrogen-bond acceptors (Lipinski definition) is 7. The van der Waals surface area contributed by atoms with Gasteiger partial charge in [0, 0.05) is 52.0 Å². The molecule has 2 aromatic rings. The number of carboxylic acid groups (broad SMARTS) is 2. The van der Waals surface area contributed by atoms with E-state index in [1.54, 1.807) is 59.9 Å². The van der Waals surface area contributed by atoms with Crippen molar-refractivity contribution in [3.63, 3.8) is 0 Å². The smallest absolute Gasteiger partial charge is 0.328 e. The Labute approximate surface area is 239 Å². The molecule has 2 fully saturated rings. The number of carbonyl (C=O) groups is 6. The Balaban J connectivity index is 1.30. The summed E-state index contributed by atoms with van der Waals surface area (Å²) in [5.41, 5.74) is 0.760. The molecule has 4 heterocycles. The number of amides is 4. The Morgan fingerprint density at radius 2 is 1.41 bits per heavy atom. The van der Waals surface area contributed by atoms with Gasteiger partial charge in [-0.2, -0.15) is 0 Å². The third-order valence-corrected chi connectivity index (χ3v) is 8.24. The SMILES string of the molecule is Cn1cccc1C(=O)NC1CC(C(=O)O)N(C(=O)CSCC(=O)N2CCC(NC(=O)c3cccn3C)C2C(=O)O)C1. The number of nitrogens with zero attached hydrogens (tertiary/aromatic N) is 4. The molecule has 0 bridgehead atoms. The molecule has 4 unspecified atom stereocenters. The van der Waals surface area contributed by atoms with Gasteiger partial charge in [-0.3, -0.25) is 19.2 Å². The summed E-state index contributed by atoms with van der Waals surface area (Å²) in [6.45, 7) is 0.133. The molecule has 4 amide bonds. The van der Waals surface area contributed by atoms with Gasteiger partial charge in [-0.25, -0.2) is 9.59 Å². The second-order valence-corrected chi connectivity index (χ2v) is 11.0. The number of carbonyl (C=O) groups excluding carboxylic acids is 4. The molecule has 2 aliphatic rings. The van der Waals surface area contributed by atoms with Gasteiger partial charge in [-0.05, 0) is 30.7 Å². The lowest BCUT2D eigenvalue weighted by atomic mass is 10.1. The van der Waals surface area contributed by atoms with Crippen molar-refractivity contribution in [2.75, 3.05) is 24.6 Å². The molecule has 41 heavy (non-hydrogen) atoms. The maximum absolute atomic E-state index is 12.9. The molecule has 14 nitrogen and oxygen atoms in total. The highest BCUT2D eigenvalue weighted by Crippen LogP contribution is 2.23. The maximum Gasteiger partial charge on any atom is 0.328 e. The van der Waals surface area contributed by atoms with Gasteiger partial charge in [-0.15, -0.1) is 11.8 Å². The first-order valence-electron chi connectivity index (χ1n) is 12.9. The average Bonchev–Trinajstić information content (AvgIpc) is 3.70. The van der Waals surface area contributed by atoms with E-state index in [1.165, 1.54) is 9.80 Å². The van der Waals surface area contributed by atoms with E-state index in [-0.39, 0.29) is 43.3 Å². The number of thioether (sulfide) groups is 1. The van der Waals surface area contributed by atoms with Gasteiger partial charge in [0.05, 0.1) is 17.5 Å². The zero-order valence-corrected chi connectivity index (χ0v) is 23.4. The number of aliphatic carboxylic acids is 2. The van der Waals surface area contributed by atoms with Crippen LogP contribution in [-0.4, -0.2) is 113 Å². The summed E-state index contributed by atoms with van der Waals surface area (Å²) in [6.07, 6.45) is 3.70. The normalized spacial score (nSPS) is 22.0. The quantitative estimate of drug-likeness (QED) is 0.281. The number of hydrogen-bond donors (Lipinski definition) is 4. The van der Waals surface area contributed by atoms with Crippen LogP contribution in [0.4, 0.5) is 0 Å². The first-order valence-corrected chi connectivity index (χ1v) is 14.1. The Morgan fingerprint density at radius 1 is 0.854 bits per heavy atom. The minimum atomic E-state index is -1.26. The van der Waals surface area contributed by atoms with E-state index < -0.39 is 53.8 Å². The van der Waals surface area contributed by atoms with Crippen molar-refractivity contribution >= 4 is 47.3 Å². The molecule has 0 aliphatic carbocycles. The molecule has 4 atom stereocenters. The van der Waals surface area contributed by atoms with Crippen molar-refractivity contribution in [3.8, 4) is 0 Å². The summed E-state index contributed by atoms with van der Waals surface area (Å²) in [7, 11) is 3.40. The Kier molecular flexibility index (Phi) is 9.05. The fourth-order valence-corrected chi connectivity index (χ4v) is 6.05. The molecule has 2 saturated heterocycles. The summed E-state index contributed by atoms with van der Waals surface area (Å²) in [4.78, 5) is 77.2. The third-order valence-electron chi connectivity index (χ3n) is 7.33. The summed E-state index contributed by atoms with van der Waals surface area (Å²) in [6, 6.07) is 2.91. The minimum Gasteiger partial charge on any atom is -0.480 e. The van der Waals surface area contributed by atoms with Crippen LogP contribution in [0.2, 0.25) is 0 Å². The lowest BCUT2D eigenvalue weighted by Gasteiger charge is -2.25. The standard InChI is InChI=1S/C26H32N6O8S/c1-29-8-3-5-17(29)23(35)27-15-11-19(25(37)38)32(12-15)21(34)14-41-13-20(33)31-10-7-16(22(31)26(39)40)28-24(36)18-6-4-9-30(18)2/h3-6,8-9,15-16,19,22H,7,10-14H2,1-2H3,(H,27,35)(H,28,36)(H,37,38)(H,39,40). The van der Waals surface area contributed by atoms with Gasteiger partial charge in [0.2, 0.25) is 11.8 Å². The fourth-order valence-electron chi connectivity index (χ4n) is 5.27. The number of rotatable bonds is 10. The summed E-state index contributed by atoms with van der Waals surface area (Å²) < 4.78 is 3.23. The predicted octanol–water partition coefficient (Wildman–Crippen LogP) is -0.635. The van der Waals surface area contributed by atoms with Gasteiger partial charge < -0.3 is 39.8 Å². The van der Waals surface area contributed by atoms with Crippen molar-refractivity contribution in [1.82, 2.24) is 29.6 Å². The topological polar surface area (TPSA) is 183 Å². The first-order chi connectivity index (χ1) is 19.5. The minimum absolute atomic E-state index is 0.0101. The van der Waals surface area contributed by atoms with Crippen molar-refractivity contribution < 1.29 is 39.0 Å². The molecule has 4 rings (SSSR count). The van der Waals surface area contributed by atoms with Crippen LogP contribution in [0.15, 0.2) is 36.7 Å². The monoisotopic (exact) mass is 588 g/mol. The van der Waals surface area contributed by atoms with Crippen LogP contribution in [0.3, 0.4) is 0 Å². The van der Waals surface area contributed by atoms with Crippen LogP contribution in [0, 0.1) is 0 Å². The number of aromatic nitrogens is 2. The Bertz CT molecular complexity index is 1340. The lowest BCUT2D eigenvalue weighted by molar-refractivity contribution is -0.147. The molecule has 2 aromatic heterocycles. The Morgan fingerprint density at radius 3 is 1.93 bits per heavy atom. The molecule has 220 valence electrons. The van der Waals surface area contributed by atoms with Crippen LogP contribution in [0.25, 0.3) is 0 Å². The van der Waals surface area contributed by atoms with E-state index in [0.29, 0.717) is 11.4 Å². The number of carboxylic acids is 2. The summed E-state index contributed by atoms with van der Waals surface area (Å²) in [5, 5.41) is 24.9. The second-order valence-electron chi connectivity index (χ2n) is 10.0. The van der Waals surface area contributed by atoms with Crippen LogP contribution >= 0.6 is 11.8 Å². The molecule has 0 spiro atoms. The molecule has 0 radical (unpaired) electrons. The van der Waals surface area contributed by atoms with Crippen molar-refractivity contribution in [2.24, 2.45) is 14.1 Å². The molecular weight excluding hydrogens is 556 g/mol. The Hall–Kier alpha value is -4.27. The molecular formula is C26H32N6O8S. The highest BCUT2D eigenvalue weighted by Gasteiger charge is 2.43. The van der Waals surface area contributed by atoms with Crippen LogP contribution in [0.1, 0.15) is 33.8 Å². The summed E-state index contributed by atoms with van der Waals surface area (Å²) >= 11 is 0.951. The molecule has 2 aliphatic heterocycles. The van der Waals surface area contributed by atoms with E-state index in [1.807, 2.05) is 0 Å². The van der Waals surface area contributed by atoms with E-state index in [0.717, 1.165) is 11.8 Å². The number of nitrogens with one attached hydrogen (secondary N) is 2. The maximum atomic E-state index is 12.9. The fraction of sp³-hybridized carbons (Fsp3) is 0.462. The number of likely N-dealkylation sites (tertiary alicyclic amines) is 2. The van der Waals surface area contributed by atoms with Crippen LogP contribution in [-0.2, 0) is 33.3 Å². The highest BCUT2D eigenvalue weighted by molar-refractivity contribution is 8.00. The van der Waals surface area contributed by atoms with Gasteiger partial charge in [-0.1, -0.05) is 0 Å². The average molecular weight is 589 g/mol. The van der Waals surface area contributed by atoms with Gasteiger partial charge in [0.15, 0.2) is 0 Å². The molecule has 0 aromatic carbocycles. The van der Waals surface area contributed by atoms with E-state index in [2.05, 4.69) is 10.6 Å². The zero-order chi connectivity index (χ0) is 29.8. The van der Waals surface area contributed by atoms with Gasteiger partial charge in [0.25, 0.3) is 11.8 Å². The van der Waals surface area contributed by atoms with Crippen molar-refractivity contribution in [1.29, 1.82) is 0 Å². The largest absolute Gasteiger partial charge is 0.480 e. The number of aryl methyl sites for hydroxylation is 2. The third kappa shape index (κ3) is 6.56. The van der Waals surface area contributed by atoms with Crippen LogP contribution < -0.4 is 10.6 Å². The van der Waals surface area contributed by atoms with E-state index in [4.69, 9.17) is 0 Å². The van der Waals surface area contributed by atoms with Gasteiger partial charge >= 0.3 is 11.9 Å². The second kappa shape index (κ2) is 12.5. The molecule has 0 saturated carbocycles. The van der Waals surface area contributed by atoms with Crippen molar-refractivity contribution in [2.45, 2.75) is 37.0 Å². The predicted molar refractivity (Wildman–Crippen MR) is 146 cm³/mol. The highest BCUT2D eigenvalue weighted by atomic mass is 32.2.